The minimum atomic E-state index is 0.646. The highest BCUT2D eigenvalue weighted by molar-refractivity contribution is 9.10. The van der Waals surface area contributed by atoms with Gasteiger partial charge >= 0.3 is 0 Å². The fraction of sp³-hybridized carbons (Fsp3) is 0.478. The van der Waals surface area contributed by atoms with Crippen molar-refractivity contribution < 1.29 is 0 Å². The molecule has 9 nitrogen and oxygen atoms in total. The van der Waals surface area contributed by atoms with Gasteiger partial charge in [-0.3, -0.25) is 10.00 Å². The lowest BCUT2D eigenvalue weighted by Gasteiger charge is -2.37. The minimum absolute atomic E-state index is 0.646. The molecule has 0 unspecified atom stereocenters. The zero-order chi connectivity index (χ0) is 22.9. The molecular weight excluding hydrogens is 482 g/mol. The highest BCUT2D eigenvalue weighted by Gasteiger charge is 2.32. The highest BCUT2D eigenvalue weighted by Crippen LogP contribution is 2.35. The molecule has 1 atom stereocenters. The van der Waals surface area contributed by atoms with Crippen molar-refractivity contribution in [2.75, 3.05) is 50.1 Å². The van der Waals surface area contributed by atoms with Crippen molar-refractivity contribution in [1.82, 2.24) is 34.6 Å². The second kappa shape index (κ2) is 7.66. The van der Waals surface area contributed by atoms with Crippen molar-refractivity contribution in [2.24, 2.45) is 7.05 Å². The van der Waals surface area contributed by atoms with Gasteiger partial charge in [-0.1, -0.05) is 0 Å². The van der Waals surface area contributed by atoms with Crippen molar-refractivity contribution in [2.45, 2.75) is 25.8 Å². The summed E-state index contributed by atoms with van der Waals surface area (Å²) < 4.78 is 3.01. The Morgan fingerprint density at radius 3 is 2.76 bits per heavy atom. The van der Waals surface area contributed by atoms with Crippen LogP contribution in [0, 0.1) is 6.92 Å². The van der Waals surface area contributed by atoms with E-state index in [1.54, 1.807) is 0 Å². The van der Waals surface area contributed by atoms with Crippen molar-refractivity contribution in [3.63, 3.8) is 0 Å². The molecule has 0 saturated carbocycles. The van der Waals surface area contributed by atoms with Gasteiger partial charge in [0.25, 0.3) is 0 Å². The van der Waals surface area contributed by atoms with Gasteiger partial charge in [-0.15, -0.1) is 0 Å². The van der Waals surface area contributed by atoms with E-state index in [2.05, 4.69) is 58.6 Å². The van der Waals surface area contributed by atoms with Gasteiger partial charge in [0, 0.05) is 52.2 Å². The number of nitrogens with zero attached hydrogens (tertiary/aromatic N) is 8. The lowest BCUT2D eigenvalue weighted by atomic mass is 10.1. The van der Waals surface area contributed by atoms with E-state index in [1.165, 1.54) is 19.4 Å². The molecule has 0 bridgehead atoms. The Balaban J connectivity index is 1.50. The number of pyridine rings is 2. The normalized spacial score (nSPS) is 19.1. The van der Waals surface area contributed by atoms with E-state index in [-0.39, 0.29) is 0 Å². The number of piperazine rings is 1. The van der Waals surface area contributed by atoms with E-state index in [4.69, 9.17) is 9.97 Å². The van der Waals surface area contributed by atoms with E-state index < -0.39 is 0 Å². The van der Waals surface area contributed by atoms with E-state index in [0.29, 0.717) is 6.04 Å². The Bertz CT molecular complexity index is 1370. The van der Waals surface area contributed by atoms with Crippen LogP contribution in [0.5, 0.6) is 0 Å². The first-order valence-electron chi connectivity index (χ1n) is 11.5. The van der Waals surface area contributed by atoms with Crippen LogP contribution in [0.3, 0.4) is 0 Å². The Morgan fingerprint density at radius 2 is 1.94 bits per heavy atom. The molecule has 0 aliphatic carbocycles. The molecule has 6 rings (SSSR count). The third kappa shape index (κ3) is 3.30. The predicted octanol–water partition coefficient (Wildman–Crippen LogP) is 3.33. The van der Waals surface area contributed by atoms with E-state index in [1.807, 2.05) is 32.0 Å². The van der Waals surface area contributed by atoms with Crippen LogP contribution >= 0.6 is 15.9 Å². The van der Waals surface area contributed by atoms with Gasteiger partial charge in [0.05, 0.1) is 22.6 Å². The minimum Gasteiger partial charge on any atom is -0.361 e. The number of H-pyrrole nitrogens is 1. The summed E-state index contributed by atoms with van der Waals surface area (Å²) in [6.07, 6.45) is 2.59. The molecule has 4 aromatic rings. The first kappa shape index (κ1) is 20.9. The van der Waals surface area contributed by atoms with Crippen molar-refractivity contribution in [3.05, 3.63) is 22.4 Å². The van der Waals surface area contributed by atoms with Crippen LogP contribution in [0.15, 0.2) is 16.7 Å². The van der Waals surface area contributed by atoms with E-state index in [9.17, 15) is 0 Å². The number of nitrogens with one attached hydrogen (secondary N) is 1. The maximum atomic E-state index is 5.11. The molecule has 10 heteroatoms. The molecule has 2 aliphatic heterocycles. The number of rotatable bonds is 3. The van der Waals surface area contributed by atoms with Gasteiger partial charge in [-0.2, -0.15) is 5.10 Å². The number of aromatic nitrogens is 6. The summed E-state index contributed by atoms with van der Waals surface area (Å²) in [5.41, 5.74) is 5.48. The second-order valence-corrected chi connectivity index (χ2v) is 10.2. The lowest BCUT2D eigenvalue weighted by molar-refractivity contribution is 0.229. The van der Waals surface area contributed by atoms with Gasteiger partial charge in [-0.05, 0) is 54.4 Å². The number of hydrogen-bond donors (Lipinski definition) is 1. The summed E-state index contributed by atoms with van der Waals surface area (Å²) in [5, 5.41) is 8.74. The molecule has 0 spiro atoms. The maximum Gasteiger partial charge on any atom is 0.206 e. The molecule has 33 heavy (non-hydrogen) atoms. The summed E-state index contributed by atoms with van der Waals surface area (Å²) in [5.74, 6) is 1.88. The van der Waals surface area contributed by atoms with Crippen LogP contribution in [-0.2, 0) is 7.05 Å². The van der Waals surface area contributed by atoms with Crippen molar-refractivity contribution >= 4 is 49.6 Å². The van der Waals surface area contributed by atoms with E-state index in [0.717, 1.165) is 75.0 Å². The molecule has 1 N–H and O–H groups in total. The summed E-state index contributed by atoms with van der Waals surface area (Å²) in [4.78, 5) is 21.7. The fourth-order valence-electron chi connectivity index (χ4n) is 5.38. The maximum absolute atomic E-state index is 5.11. The van der Waals surface area contributed by atoms with Gasteiger partial charge < -0.3 is 14.4 Å². The van der Waals surface area contributed by atoms with Crippen LogP contribution in [0.1, 0.15) is 18.5 Å². The van der Waals surface area contributed by atoms with Crippen LogP contribution in [0.25, 0.3) is 33.3 Å². The average Bonchev–Trinajstić information content (AvgIpc) is 3.50. The lowest BCUT2D eigenvalue weighted by Crippen LogP contribution is -2.50. The molecule has 2 fully saturated rings. The topological polar surface area (TPSA) is 82.0 Å². The van der Waals surface area contributed by atoms with Gasteiger partial charge in [0.15, 0.2) is 5.82 Å². The number of aryl methyl sites for hydroxylation is 2. The number of halogens is 1. The molecule has 172 valence electrons. The Morgan fingerprint density at radius 1 is 1.09 bits per heavy atom. The Kier molecular flexibility index (Phi) is 4.84. The third-order valence-electron chi connectivity index (χ3n) is 7.06. The van der Waals surface area contributed by atoms with Gasteiger partial charge in [0.2, 0.25) is 5.95 Å². The number of hydrogen-bond acceptors (Lipinski definition) is 7. The SMILES string of the molecule is Cc1nc(Br)cc2c(-c3cc4c(nc(N5CCN6CCC[C@@H]6C5)n4C)c(N(C)C)n3)[nH]nc12. The second-order valence-electron chi connectivity index (χ2n) is 9.37. The third-order valence-corrected chi connectivity index (χ3v) is 7.47. The van der Waals surface area contributed by atoms with E-state index >= 15 is 0 Å². The number of fused-ring (bicyclic) bond motifs is 3. The summed E-state index contributed by atoms with van der Waals surface area (Å²) >= 11 is 3.53. The molecule has 0 radical (unpaired) electrons. The zero-order valence-electron chi connectivity index (χ0n) is 19.4. The standard InChI is InChI=1S/C23H28BrN9/c1-13-19-15(10-18(24)25-13)20(29-28-19)16-11-17-21(22(26-16)30(2)3)27-23(31(17)4)33-9-8-32-7-5-6-14(32)12-33/h10-11,14H,5-9,12H2,1-4H3,(H,28,29)/t14-/m1/s1. The fourth-order valence-corrected chi connectivity index (χ4v) is 5.87. The quantitative estimate of drug-likeness (QED) is 0.424. The first-order chi connectivity index (χ1) is 15.9. The molecule has 4 aromatic heterocycles. The molecule has 0 aromatic carbocycles. The number of imidazole rings is 1. The summed E-state index contributed by atoms with van der Waals surface area (Å²) in [7, 11) is 6.16. The molecule has 2 saturated heterocycles. The van der Waals surface area contributed by atoms with Crippen LogP contribution in [0.4, 0.5) is 11.8 Å². The Hall–Kier alpha value is -2.72. The molecule has 0 amide bonds. The first-order valence-corrected chi connectivity index (χ1v) is 12.3. The smallest absolute Gasteiger partial charge is 0.206 e. The molecular formula is C23H28BrN9. The zero-order valence-corrected chi connectivity index (χ0v) is 21.0. The van der Waals surface area contributed by atoms with Gasteiger partial charge in [0.1, 0.15) is 15.6 Å². The predicted molar refractivity (Wildman–Crippen MR) is 135 cm³/mol. The average molecular weight is 510 g/mol. The van der Waals surface area contributed by atoms with Crippen molar-refractivity contribution in [1.29, 1.82) is 0 Å². The van der Waals surface area contributed by atoms with Gasteiger partial charge in [-0.25, -0.2) is 15.0 Å². The number of anilines is 2. The van der Waals surface area contributed by atoms with Crippen LogP contribution in [-0.4, -0.2) is 80.9 Å². The highest BCUT2D eigenvalue weighted by atomic mass is 79.9. The Labute approximate surface area is 200 Å². The van der Waals surface area contributed by atoms with Crippen LogP contribution in [0.2, 0.25) is 0 Å². The monoisotopic (exact) mass is 509 g/mol. The molecule has 6 heterocycles. The number of aromatic amines is 1. The summed E-state index contributed by atoms with van der Waals surface area (Å²) in [6, 6.07) is 4.77. The van der Waals surface area contributed by atoms with Crippen molar-refractivity contribution in [3.8, 4) is 11.4 Å². The summed E-state index contributed by atoms with van der Waals surface area (Å²) in [6.45, 7) is 6.37. The largest absolute Gasteiger partial charge is 0.361 e. The molecule has 2 aliphatic rings. The van der Waals surface area contributed by atoms with Crippen LogP contribution < -0.4 is 9.80 Å².